The number of nitrogens with zero attached hydrogens (tertiary/aromatic N) is 5. The van der Waals surface area contributed by atoms with Crippen LogP contribution < -0.4 is 15.8 Å². The van der Waals surface area contributed by atoms with E-state index in [1.165, 1.54) is 16.7 Å². The molecule has 45 heavy (non-hydrogen) atoms. The number of carbonyl (C=O) groups excluding carboxylic acids is 1. The van der Waals surface area contributed by atoms with Crippen LogP contribution in [0, 0.1) is 34.7 Å². The smallest absolute Gasteiger partial charge is 0.276 e. The lowest BCUT2D eigenvalue weighted by Gasteiger charge is -2.37. The van der Waals surface area contributed by atoms with Crippen molar-refractivity contribution in [3.8, 4) is 23.1 Å². The Bertz CT molecular complexity index is 1910. The lowest BCUT2D eigenvalue weighted by molar-refractivity contribution is -0.126. The number of hydrogen-bond acceptors (Lipinski definition) is 7. The molecular formula is C31H27Cl2F3N6O3. The fourth-order valence-electron chi connectivity index (χ4n) is 5.71. The quantitative estimate of drug-likeness (QED) is 0.209. The molecule has 14 heteroatoms. The number of hydrogen-bond donors (Lipinski definition) is 2. The molecule has 1 atom stereocenters. The molecule has 0 radical (unpaired) electrons. The van der Waals surface area contributed by atoms with Gasteiger partial charge in [0.1, 0.15) is 17.3 Å². The maximum atomic E-state index is 15.3. The van der Waals surface area contributed by atoms with Crippen LogP contribution in [0.1, 0.15) is 26.3 Å². The summed E-state index contributed by atoms with van der Waals surface area (Å²) in [5.74, 6) is -7.15. The molecule has 0 aliphatic carbocycles. The molecule has 4 heterocycles. The van der Waals surface area contributed by atoms with Crippen molar-refractivity contribution in [3.05, 3.63) is 80.0 Å². The first-order valence-electron chi connectivity index (χ1n) is 13.9. The van der Waals surface area contributed by atoms with E-state index in [4.69, 9.17) is 23.2 Å². The number of benzene rings is 1. The summed E-state index contributed by atoms with van der Waals surface area (Å²) < 4.78 is 45.3. The van der Waals surface area contributed by atoms with Crippen molar-refractivity contribution in [2.24, 2.45) is 5.92 Å². The number of dihydropyridines is 1. The first kappa shape index (κ1) is 31.9. The van der Waals surface area contributed by atoms with Crippen LogP contribution in [0.5, 0.6) is 5.75 Å². The van der Waals surface area contributed by atoms with Gasteiger partial charge in [-0.25, -0.2) is 13.8 Å². The average Bonchev–Trinajstić information content (AvgIpc) is 3.02. The van der Waals surface area contributed by atoms with E-state index in [0.717, 1.165) is 0 Å². The van der Waals surface area contributed by atoms with Gasteiger partial charge >= 0.3 is 0 Å². The standard InChI is InChI=1S/C31H27Cl2F3N6O3/c1-5-19(43)40-8-10-41(11-9-40)28-16-12-18(32)26(20-21(33)23(35)24(36)29(44)22(20)34)39-30(16)42(31(45)17(28)13-37)27-15(4)6-7-38-25(27)14(2)3/h5-7,12,14,25,38,44H,1,8-11H2,2-4H3/t25-/m1/s1. The molecule has 1 aromatic carbocycles. The Hall–Kier alpha value is -4.47. The average molecular weight is 659 g/mol. The molecule has 2 aromatic heterocycles. The van der Waals surface area contributed by atoms with Gasteiger partial charge in [0, 0.05) is 31.6 Å². The third-order valence-corrected chi connectivity index (χ3v) is 8.61. The van der Waals surface area contributed by atoms with E-state index in [1.54, 1.807) is 29.0 Å². The third kappa shape index (κ3) is 5.19. The van der Waals surface area contributed by atoms with Crippen LogP contribution in [0.15, 0.2) is 41.4 Å². The summed E-state index contributed by atoms with van der Waals surface area (Å²) in [7, 11) is 0. The molecule has 9 nitrogen and oxygen atoms in total. The lowest BCUT2D eigenvalue weighted by atomic mass is 9.94. The molecule has 1 fully saturated rings. The first-order valence-corrected chi connectivity index (χ1v) is 14.6. The number of rotatable bonds is 5. The normalized spacial score (nSPS) is 16.8. The molecule has 2 aliphatic heterocycles. The van der Waals surface area contributed by atoms with E-state index < -0.39 is 51.1 Å². The van der Waals surface area contributed by atoms with Gasteiger partial charge in [0.05, 0.1) is 38.7 Å². The highest BCUT2D eigenvalue weighted by Crippen LogP contribution is 2.43. The minimum absolute atomic E-state index is 0.0654. The van der Waals surface area contributed by atoms with E-state index in [0.29, 0.717) is 11.3 Å². The number of aromatic nitrogens is 2. The summed E-state index contributed by atoms with van der Waals surface area (Å²) in [5, 5.41) is 22.5. The van der Waals surface area contributed by atoms with Crippen LogP contribution in [0.3, 0.4) is 0 Å². The van der Waals surface area contributed by atoms with E-state index in [1.807, 2.05) is 19.9 Å². The number of nitrogens with one attached hydrogen (secondary N) is 1. The van der Waals surface area contributed by atoms with Crippen molar-refractivity contribution in [1.29, 1.82) is 5.26 Å². The summed E-state index contributed by atoms with van der Waals surface area (Å²) in [6, 6.07) is 2.94. The van der Waals surface area contributed by atoms with Gasteiger partial charge in [-0.15, -0.1) is 0 Å². The molecular weight excluding hydrogens is 632 g/mol. The SMILES string of the molecule is C=CC(=O)N1CCN(c2c(C#N)c(=O)n(C3=C(C)C=CN[C@@H]3C(C)C)c3nc(-c4c(F)c(O)c(F)c(F)c4Cl)c(Cl)cc23)CC1. The van der Waals surface area contributed by atoms with Gasteiger partial charge in [0.15, 0.2) is 17.4 Å². The number of halogens is 5. The Morgan fingerprint density at radius 3 is 2.47 bits per heavy atom. The van der Waals surface area contributed by atoms with Crippen molar-refractivity contribution in [2.75, 3.05) is 31.1 Å². The molecule has 0 unspecified atom stereocenters. The zero-order chi connectivity index (χ0) is 32.9. The van der Waals surface area contributed by atoms with Crippen molar-refractivity contribution >= 4 is 51.5 Å². The fourth-order valence-corrected chi connectivity index (χ4v) is 6.22. The Balaban J connectivity index is 1.90. The number of nitriles is 1. The largest absolute Gasteiger partial charge is 0.503 e. The summed E-state index contributed by atoms with van der Waals surface area (Å²) in [4.78, 5) is 34.4. The minimum Gasteiger partial charge on any atom is -0.503 e. The molecule has 2 N–H and O–H groups in total. The highest BCUT2D eigenvalue weighted by Gasteiger charge is 2.33. The second-order valence-corrected chi connectivity index (χ2v) is 11.7. The number of pyridine rings is 2. The highest BCUT2D eigenvalue weighted by atomic mass is 35.5. The molecule has 1 saturated heterocycles. The Morgan fingerprint density at radius 1 is 1.20 bits per heavy atom. The molecule has 0 bridgehead atoms. The first-order chi connectivity index (χ1) is 21.3. The molecule has 1 amide bonds. The van der Waals surface area contributed by atoms with Crippen LogP contribution >= 0.6 is 23.2 Å². The van der Waals surface area contributed by atoms with Crippen molar-refractivity contribution in [3.63, 3.8) is 0 Å². The van der Waals surface area contributed by atoms with Gasteiger partial charge in [-0.1, -0.05) is 43.6 Å². The molecule has 2 aliphatic rings. The van der Waals surface area contributed by atoms with E-state index in [9.17, 15) is 28.7 Å². The minimum atomic E-state index is -1.88. The van der Waals surface area contributed by atoms with Gasteiger partial charge in [0.2, 0.25) is 11.7 Å². The molecule has 0 saturated carbocycles. The third-order valence-electron chi connectivity index (χ3n) is 7.96. The number of anilines is 1. The van der Waals surface area contributed by atoms with Gasteiger partial charge in [-0.05, 0) is 42.8 Å². The fraction of sp³-hybridized carbons (Fsp3) is 0.290. The van der Waals surface area contributed by atoms with Gasteiger partial charge < -0.3 is 20.2 Å². The maximum absolute atomic E-state index is 15.3. The number of aromatic hydroxyl groups is 1. The van der Waals surface area contributed by atoms with Gasteiger partial charge in [-0.2, -0.15) is 9.65 Å². The van der Waals surface area contributed by atoms with Crippen molar-refractivity contribution < 1.29 is 23.1 Å². The molecule has 0 spiro atoms. The van der Waals surface area contributed by atoms with Crippen LogP contribution in [-0.2, 0) is 4.79 Å². The summed E-state index contributed by atoms with van der Waals surface area (Å²) in [5.41, 5.74) is -0.997. The maximum Gasteiger partial charge on any atom is 0.276 e. The lowest BCUT2D eigenvalue weighted by Crippen LogP contribution is -2.49. The summed E-state index contributed by atoms with van der Waals surface area (Å²) in [6.45, 7) is 10.2. The number of amides is 1. The Labute approximate surface area is 266 Å². The number of fused-ring (bicyclic) bond motifs is 1. The number of phenols is 1. The van der Waals surface area contributed by atoms with Crippen LogP contribution in [-0.4, -0.2) is 57.7 Å². The molecule has 5 rings (SSSR count). The van der Waals surface area contributed by atoms with Crippen LogP contribution in [0.25, 0.3) is 28.0 Å². The number of carbonyl (C=O) groups is 1. The van der Waals surface area contributed by atoms with Crippen molar-refractivity contribution in [1.82, 2.24) is 19.8 Å². The predicted molar refractivity (Wildman–Crippen MR) is 166 cm³/mol. The monoisotopic (exact) mass is 658 g/mol. The number of piperazine rings is 1. The molecule has 234 valence electrons. The van der Waals surface area contributed by atoms with Crippen LogP contribution in [0.2, 0.25) is 10.0 Å². The number of allylic oxidation sites excluding steroid dienone is 2. The zero-order valence-electron chi connectivity index (χ0n) is 24.4. The van der Waals surface area contributed by atoms with E-state index in [2.05, 4.69) is 16.9 Å². The van der Waals surface area contributed by atoms with E-state index >= 15 is 4.39 Å². The number of phenolic OH excluding ortho intramolecular Hbond substituents is 1. The van der Waals surface area contributed by atoms with Gasteiger partial charge in [0.25, 0.3) is 5.56 Å². The molecule has 3 aromatic rings. The zero-order valence-corrected chi connectivity index (χ0v) is 25.9. The van der Waals surface area contributed by atoms with Crippen molar-refractivity contribution in [2.45, 2.75) is 26.8 Å². The van der Waals surface area contributed by atoms with E-state index in [-0.39, 0.29) is 65.3 Å². The second kappa shape index (κ2) is 12.1. The Morgan fingerprint density at radius 2 is 1.87 bits per heavy atom. The predicted octanol–water partition coefficient (Wildman–Crippen LogP) is 5.57. The topological polar surface area (TPSA) is 114 Å². The summed E-state index contributed by atoms with van der Waals surface area (Å²) in [6.07, 6.45) is 4.67. The summed E-state index contributed by atoms with van der Waals surface area (Å²) >= 11 is 12.7. The van der Waals surface area contributed by atoms with Crippen LogP contribution in [0.4, 0.5) is 18.9 Å². The van der Waals surface area contributed by atoms with Gasteiger partial charge in [-0.3, -0.25) is 14.2 Å². The Kier molecular flexibility index (Phi) is 8.62. The highest BCUT2D eigenvalue weighted by molar-refractivity contribution is 6.37. The second-order valence-electron chi connectivity index (χ2n) is 11.0.